The van der Waals surface area contributed by atoms with Gasteiger partial charge >= 0.3 is 0 Å². The number of hydrogen-bond acceptors (Lipinski definition) is 5. The molecule has 0 atom stereocenters. The summed E-state index contributed by atoms with van der Waals surface area (Å²) in [5.41, 5.74) is 0. The van der Waals surface area contributed by atoms with Crippen molar-refractivity contribution in [2.24, 2.45) is 5.92 Å². The Hall–Kier alpha value is -0.380. The molecule has 3 N–H and O–H groups in total. The molecule has 0 aliphatic carbocycles. The van der Waals surface area contributed by atoms with E-state index in [1.165, 1.54) is 6.07 Å². The number of nitrogens with one attached hydrogen (secondary N) is 3. The molecule has 1 aliphatic heterocycles. The van der Waals surface area contributed by atoms with Crippen LogP contribution < -0.4 is 15.4 Å². The highest BCUT2D eigenvalue weighted by Gasteiger charge is 2.20. The van der Waals surface area contributed by atoms with E-state index < -0.39 is 10.0 Å². The summed E-state index contributed by atoms with van der Waals surface area (Å²) in [6.45, 7) is 2.14. The smallest absolute Gasteiger partial charge is 0.250 e. The lowest BCUT2D eigenvalue weighted by Gasteiger charge is -2.21. The molecule has 1 amide bonds. The lowest BCUT2D eigenvalue weighted by molar-refractivity contribution is -0.125. The molecule has 0 bridgehead atoms. The molecule has 126 valence electrons. The van der Waals surface area contributed by atoms with E-state index in [1.54, 1.807) is 6.07 Å². The summed E-state index contributed by atoms with van der Waals surface area (Å²) in [5, 5.41) is 5.96. The largest absolute Gasteiger partial charge is 0.355 e. The Morgan fingerprint density at radius 2 is 2.00 bits per heavy atom. The lowest BCUT2D eigenvalue weighted by Crippen LogP contribution is -2.41. The Morgan fingerprint density at radius 1 is 1.32 bits per heavy atom. The van der Waals surface area contributed by atoms with Crippen molar-refractivity contribution >= 4 is 51.3 Å². The minimum absolute atomic E-state index is 0. The molecular formula is C12H19Cl2N3O3S2. The quantitative estimate of drug-likeness (QED) is 0.640. The van der Waals surface area contributed by atoms with Crippen LogP contribution in [0.3, 0.4) is 0 Å². The zero-order chi connectivity index (χ0) is 15.3. The van der Waals surface area contributed by atoms with Crippen molar-refractivity contribution in [1.29, 1.82) is 0 Å². The zero-order valence-electron chi connectivity index (χ0n) is 11.8. The topological polar surface area (TPSA) is 87.3 Å². The van der Waals surface area contributed by atoms with Gasteiger partial charge in [0, 0.05) is 19.0 Å². The molecule has 0 aromatic carbocycles. The minimum atomic E-state index is -3.54. The van der Waals surface area contributed by atoms with E-state index in [-0.39, 0.29) is 41.5 Å². The Kier molecular flexibility index (Phi) is 8.09. The van der Waals surface area contributed by atoms with E-state index in [9.17, 15) is 13.2 Å². The van der Waals surface area contributed by atoms with Crippen LogP contribution in [0.1, 0.15) is 12.8 Å². The van der Waals surface area contributed by atoms with Crippen LogP contribution in [0, 0.1) is 5.92 Å². The number of thiophene rings is 1. The van der Waals surface area contributed by atoms with Gasteiger partial charge in [-0.3, -0.25) is 4.79 Å². The number of carbonyl (C=O) groups is 1. The van der Waals surface area contributed by atoms with Gasteiger partial charge in [0.15, 0.2) is 0 Å². The molecule has 0 saturated carbocycles. The van der Waals surface area contributed by atoms with Crippen LogP contribution in [-0.2, 0) is 14.8 Å². The number of carbonyl (C=O) groups excluding carboxylic acids is 1. The average molecular weight is 388 g/mol. The molecular weight excluding hydrogens is 369 g/mol. The molecule has 1 saturated heterocycles. The second kappa shape index (κ2) is 9.05. The maximum atomic E-state index is 11.9. The zero-order valence-corrected chi connectivity index (χ0v) is 15.0. The van der Waals surface area contributed by atoms with E-state index >= 15 is 0 Å². The number of halogens is 2. The number of amides is 1. The van der Waals surface area contributed by atoms with Crippen molar-refractivity contribution in [1.82, 2.24) is 15.4 Å². The maximum absolute atomic E-state index is 11.9. The van der Waals surface area contributed by atoms with Crippen LogP contribution in [0.25, 0.3) is 0 Å². The third-order valence-electron chi connectivity index (χ3n) is 3.24. The fourth-order valence-corrected chi connectivity index (χ4v) is 4.67. The number of hydrogen-bond donors (Lipinski definition) is 3. The van der Waals surface area contributed by atoms with E-state index in [2.05, 4.69) is 15.4 Å². The second-order valence-electron chi connectivity index (χ2n) is 4.77. The first-order valence-corrected chi connectivity index (χ1v) is 9.40. The first-order valence-electron chi connectivity index (χ1n) is 6.72. The third-order valence-corrected chi connectivity index (χ3v) is 6.42. The first kappa shape index (κ1) is 19.7. The molecule has 1 aromatic rings. The molecule has 0 unspecified atom stereocenters. The fraction of sp³-hybridized carbons (Fsp3) is 0.583. The van der Waals surface area contributed by atoms with Crippen LogP contribution in [0.15, 0.2) is 16.3 Å². The van der Waals surface area contributed by atoms with E-state index in [0.29, 0.717) is 4.34 Å². The Balaban J connectivity index is 0.00000242. The predicted octanol–water partition coefficient (Wildman–Crippen LogP) is 1.22. The predicted molar refractivity (Wildman–Crippen MR) is 90.4 cm³/mol. The van der Waals surface area contributed by atoms with Gasteiger partial charge < -0.3 is 10.6 Å². The summed E-state index contributed by atoms with van der Waals surface area (Å²) < 4.78 is 26.9. The van der Waals surface area contributed by atoms with Crippen molar-refractivity contribution in [2.75, 3.05) is 26.2 Å². The SMILES string of the molecule is Cl.O=C(NCCNS(=O)(=O)c1ccc(Cl)s1)C1CCNCC1. The van der Waals surface area contributed by atoms with Crippen LogP contribution in [-0.4, -0.2) is 40.5 Å². The highest BCUT2D eigenvalue weighted by atomic mass is 35.5. The van der Waals surface area contributed by atoms with Crippen molar-refractivity contribution in [3.05, 3.63) is 16.5 Å². The minimum Gasteiger partial charge on any atom is -0.355 e. The van der Waals surface area contributed by atoms with Gasteiger partial charge in [-0.05, 0) is 38.1 Å². The molecule has 22 heavy (non-hydrogen) atoms. The summed E-state index contributed by atoms with van der Waals surface area (Å²) in [7, 11) is -3.54. The number of piperidine rings is 1. The van der Waals surface area contributed by atoms with Gasteiger partial charge in [0.05, 0.1) is 4.34 Å². The molecule has 6 nitrogen and oxygen atoms in total. The first-order chi connectivity index (χ1) is 9.99. The molecule has 10 heteroatoms. The summed E-state index contributed by atoms with van der Waals surface area (Å²) in [6, 6.07) is 3.00. The normalized spacial score (nSPS) is 16.0. The fourth-order valence-electron chi connectivity index (χ4n) is 2.11. The standard InChI is InChI=1S/C12H18ClN3O3S2.ClH/c13-10-1-2-11(20-10)21(18,19)16-8-7-15-12(17)9-3-5-14-6-4-9;/h1-2,9,14,16H,3-8H2,(H,15,17);1H. The van der Waals surface area contributed by atoms with E-state index in [0.717, 1.165) is 37.3 Å². The second-order valence-corrected chi connectivity index (χ2v) is 8.48. The third kappa shape index (κ3) is 5.68. The van der Waals surface area contributed by atoms with Gasteiger partial charge in [0.2, 0.25) is 15.9 Å². The molecule has 0 spiro atoms. The maximum Gasteiger partial charge on any atom is 0.250 e. The van der Waals surface area contributed by atoms with Crippen molar-refractivity contribution in [3.8, 4) is 0 Å². The van der Waals surface area contributed by atoms with Gasteiger partial charge in [-0.1, -0.05) is 11.6 Å². The van der Waals surface area contributed by atoms with Gasteiger partial charge in [0.1, 0.15) is 4.21 Å². The monoisotopic (exact) mass is 387 g/mol. The Bertz CT molecular complexity index is 586. The molecule has 1 aliphatic rings. The van der Waals surface area contributed by atoms with Crippen molar-refractivity contribution in [3.63, 3.8) is 0 Å². The van der Waals surface area contributed by atoms with Crippen molar-refractivity contribution < 1.29 is 13.2 Å². The van der Waals surface area contributed by atoms with E-state index in [1.807, 2.05) is 0 Å². The number of sulfonamides is 1. The van der Waals surface area contributed by atoms with Crippen LogP contribution in [0.2, 0.25) is 4.34 Å². The molecule has 2 heterocycles. The average Bonchev–Trinajstić information content (AvgIpc) is 2.92. The van der Waals surface area contributed by atoms with Gasteiger partial charge in [0.25, 0.3) is 0 Å². The number of rotatable bonds is 6. The van der Waals surface area contributed by atoms with Crippen LogP contribution >= 0.6 is 35.3 Å². The Morgan fingerprint density at radius 3 is 2.59 bits per heavy atom. The van der Waals surface area contributed by atoms with Crippen molar-refractivity contribution in [2.45, 2.75) is 17.1 Å². The molecule has 2 rings (SSSR count). The Labute approximate surface area is 145 Å². The summed E-state index contributed by atoms with van der Waals surface area (Å²) >= 11 is 6.72. The van der Waals surface area contributed by atoms with Crippen LogP contribution in [0.4, 0.5) is 0 Å². The summed E-state index contributed by atoms with van der Waals surface area (Å²) in [4.78, 5) is 11.9. The molecule has 1 aromatic heterocycles. The highest BCUT2D eigenvalue weighted by Crippen LogP contribution is 2.25. The van der Waals surface area contributed by atoms with Gasteiger partial charge in [-0.25, -0.2) is 13.1 Å². The molecule has 1 fully saturated rings. The van der Waals surface area contributed by atoms with Crippen LogP contribution in [0.5, 0.6) is 0 Å². The lowest BCUT2D eigenvalue weighted by atomic mass is 9.97. The van der Waals surface area contributed by atoms with E-state index in [4.69, 9.17) is 11.6 Å². The summed E-state index contributed by atoms with van der Waals surface area (Å²) in [5.74, 6) is 0.0221. The molecule has 0 radical (unpaired) electrons. The van der Waals surface area contributed by atoms with Gasteiger partial charge in [-0.2, -0.15) is 0 Å². The highest BCUT2D eigenvalue weighted by molar-refractivity contribution is 7.91. The summed E-state index contributed by atoms with van der Waals surface area (Å²) in [6.07, 6.45) is 1.65. The van der Waals surface area contributed by atoms with Gasteiger partial charge in [-0.15, -0.1) is 23.7 Å².